The molecule has 82 valence electrons. The first kappa shape index (κ1) is 10.6. The van der Waals surface area contributed by atoms with Crippen LogP contribution in [0.25, 0.3) is 0 Å². The second-order valence-electron chi connectivity index (χ2n) is 3.99. The highest BCUT2D eigenvalue weighted by atomic mass is 16.5. The van der Waals surface area contributed by atoms with E-state index in [2.05, 4.69) is 5.32 Å². The van der Waals surface area contributed by atoms with Crippen molar-refractivity contribution in [2.24, 2.45) is 0 Å². The largest absolute Gasteiger partial charge is 0.387 e. The SMILES string of the molecule is Cc1ccc(C(O)C2COCCN2)cc1. The van der Waals surface area contributed by atoms with E-state index < -0.39 is 6.10 Å². The zero-order chi connectivity index (χ0) is 10.7. The van der Waals surface area contributed by atoms with E-state index in [1.165, 1.54) is 5.56 Å². The summed E-state index contributed by atoms with van der Waals surface area (Å²) >= 11 is 0. The highest BCUT2D eigenvalue weighted by molar-refractivity contribution is 5.24. The number of aryl methyl sites for hydroxylation is 1. The Bertz CT molecular complexity index is 304. The summed E-state index contributed by atoms with van der Waals surface area (Å²) in [6.45, 7) is 4.16. The number of nitrogens with one attached hydrogen (secondary N) is 1. The summed E-state index contributed by atoms with van der Waals surface area (Å²) in [5.74, 6) is 0. The third-order valence-corrected chi connectivity index (χ3v) is 2.75. The van der Waals surface area contributed by atoms with Gasteiger partial charge in [0.25, 0.3) is 0 Å². The molecule has 2 N–H and O–H groups in total. The first-order valence-electron chi connectivity index (χ1n) is 5.33. The van der Waals surface area contributed by atoms with E-state index in [0.717, 1.165) is 18.7 Å². The maximum atomic E-state index is 10.1. The first-order valence-corrected chi connectivity index (χ1v) is 5.33. The monoisotopic (exact) mass is 207 g/mol. The molecule has 1 aromatic rings. The van der Waals surface area contributed by atoms with Crippen molar-refractivity contribution in [2.45, 2.75) is 19.1 Å². The van der Waals surface area contributed by atoms with E-state index in [0.29, 0.717) is 6.61 Å². The number of aliphatic hydroxyl groups excluding tert-OH is 1. The molecule has 1 heterocycles. The van der Waals surface area contributed by atoms with Crippen LogP contribution in [0.15, 0.2) is 24.3 Å². The Morgan fingerprint density at radius 1 is 1.40 bits per heavy atom. The van der Waals surface area contributed by atoms with E-state index in [4.69, 9.17) is 4.74 Å². The highest BCUT2D eigenvalue weighted by Crippen LogP contribution is 2.18. The van der Waals surface area contributed by atoms with Crippen molar-refractivity contribution < 1.29 is 9.84 Å². The molecular formula is C12H17NO2. The van der Waals surface area contributed by atoms with E-state index in [1.54, 1.807) is 0 Å². The predicted octanol–water partition coefficient (Wildman–Crippen LogP) is 1.02. The van der Waals surface area contributed by atoms with Gasteiger partial charge in [0.2, 0.25) is 0 Å². The normalized spacial score (nSPS) is 23.7. The fourth-order valence-corrected chi connectivity index (χ4v) is 1.78. The smallest absolute Gasteiger partial charge is 0.0965 e. The maximum absolute atomic E-state index is 10.1. The molecule has 2 rings (SSSR count). The van der Waals surface area contributed by atoms with Gasteiger partial charge in [-0.15, -0.1) is 0 Å². The van der Waals surface area contributed by atoms with Crippen LogP contribution >= 0.6 is 0 Å². The summed E-state index contributed by atoms with van der Waals surface area (Å²) in [7, 11) is 0. The van der Waals surface area contributed by atoms with Gasteiger partial charge in [0, 0.05) is 6.54 Å². The molecule has 1 aromatic carbocycles. The molecule has 1 aliphatic heterocycles. The number of ether oxygens (including phenoxy) is 1. The fraction of sp³-hybridized carbons (Fsp3) is 0.500. The van der Waals surface area contributed by atoms with Crippen LogP contribution < -0.4 is 5.32 Å². The molecule has 3 nitrogen and oxygen atoms in total. The van der Waals surface area contributed by atoms with Gasteiger partial charge in [-0.25, -0.2) is 0 Å². The Labute approximate surface area is 90.1 Å². The fourth-order valence-electron chi connectivity index (χ4n) is 1.78. The number of morpholine rings is 1. The summed E-state index contributed by atoms with van der Waals surface area (Å²) in [6.07, 6.45) is -0.481. The molecule has 0 aromatic heterocycles. The molecular weight excluding hydrogens is 190 g/mol. The Morgan fingerprint density at radius 2 is 2.13 bits per heavy atom. The van der Waals surface area contributed by atoms with Gasteiger partial charge in [-0.2, -0.15) is 0 Å². The summed E-state index contributed by atoms with van der Waals surface area (Å²) in [5, 5.41) is 13.4. The molecule has 1 fully saturated rings. The van der Waals surface area contributed by atoms with Gasteiger partial charge < -0.3 is 15.2 Å². The van der Waals surface area contributed by atoms with Gasteiger partial charge in [-0.05, 0) is 12.5 Å². The Kier molecular flexibility index (Phi) is 3.36. The number of benzene rings is 1. The topological polar surface area (TPSA) is 41.5 Å². The Hall–Kier alpha value is -0.900. The second-order valence-corrected chi connectivity index (χ2v) is 3.99. The molecule has 2 atom stereocenters. The number of hydrogen-bond acceptors (Lipinski definition) is 3. The summed E-state index contributed by atoms with van der Waals surface area (Å²) in [4.78, 5) is 0. The van der Waals surface area contributed by atoms with Crippen molar-refractivity contribution in [3.63, 3.8) is 0 Å². The minimum Gasteiger partial charge on any atom is -0.387 e. The lowest BCUT2D eigenvalue weighted by atomic mass is 10.0. The molecule has 1 saturated heterocycles. The van der Waals surface area contributed by atoms with Crippen molar-refractivity contribution in [2.75, 3.05) is 19.8 Å². The standard InChI is InChI=1S/C12H17NO2/c1-9-2-4-10(5-3-9)12(14)11-8-15-7-6-13-11/h2-5,11-14H,6-8H2,1H3. The average Bonchev–Trinajstić information content (AvgIpc) is 2.30. The first-order chi connectivity index (χ1) is 7.27. The molecule has 0 spiro atoms. The van der Waals surface area contributed by atoms with Crippen LogP contribution in [-0.2, 0) is 4.74 Å². The van der Waals surface area contributed by atoms with Crippen LogP contribution in [0.2, 0.25) is 0 Å². The van der Waals surface area contributed by atoms with Gasteiger partial charge in [0.05, 0.1) is 25.4 Å². The van der Waals surface area contributed by atoms with Crippen LogP contribution in [0.1, 0.15) is 17.2 Å². The van der Waals surface area contributed by atoms with Crippen LogP contribution in [0.3, 0.4) is 0 Å². The van der Waals surface area contributed by atoms with Crippen molar-refractivity contribution in [3.05, 3.63) is 35.4 Å². The zero-order valence-corrected chi connectivity index (χ0v) is 8.94. The highest BCUT2D eigenvalue weighted by Gasteiger charge is 2.22. The average molecular weight is 207 g/mol. The van der Waals surface area contributed by atoms with Crippen molar-refractivity contribution in [3.8, 4) is 0 Å². The molecule has 2 unspecified atom stereocenters. The quantitative estimate of drug-likeness (QED) is 0.760. The lowest BCUT2D eigenvalue weighted by molar-refractivity contribution is 0.0177. The third-order valence-electron chi connectivity index (χ3n) is 2.75. The van der Waals surface area contributed by atoms with Gasteiger partial charge in [0.1, 0.15) is 0 Å². The molecule has 1 aliphatic rings. The zero-order valence-electron chi connectivity index (χ0n) is 8.94. The van der Waals surface area contributed by atoms with Crippen LogP contribution in [0, 0.1) is 6.92 Å². The molecule has 0 bridgehead atoms. The summed E-state index contributed by atoms with van der Waals surface area (Å²) in [6, 6.07) is 7.98. The number of hydrogen-bond donors (Lipinski definition) is 2. The van der Waals surface area contributed by atoms with Crippen LogP contribution in [0.4, 0.5) is 0 Å². The van der Waals surface area contributed by atoms with Crippen molar-refractivity contribution in [1.29, 1.82) is 0 Å². The minimum atomic E-state index is -0.481. The van der Waals surface area contributed by atoms with Crippen molar-refractivity contribution >= 4 is 0 Å². The molecule has 0 saturated carbocycles. The molecule has 0 radical (unpaired) electrons. The molecule has 3 heteroatoms. The summed E-state index contributed by atoms with van der Waals surface area (Å²) < 4.78 is 5.33. The van der Waals surface area contributed by atoms with Gasteiger partial charge in [-0.3, -0.25) is 0 Å². The minimum absolute atomic E-state index is 0.0152. The van der Waals surface area contributed by atoms with E-state index in [-0.39, 0.29) is 6.04 Å². The van der Waals surface area contributed by atoms with Gasteiger partial charge >= 0.3 is 0 Å². The van der Waals surface area contributed by atoms with Gasteiger partial charge in [-0.1, -0.05) is 29.8 Å². The second kappa shape index (κ2) is 4.75. The molecule has 0 aliphatic carbocycles. The van der Waals surface area contributed by atoms with Crippen LogP contribution in [0.5, 0.6) is 0 Å². The maximum Gasteiger partial charge on any atom is 0.0965 e. The Balaban J connectivity index is 2.05. The summed E-state index contributed by atoms with van der Waals surface area (Å²) in [5.41, 5.74) is 2.16. The van der Waals surface area contributed by atoms with Crippen LogP contribution in [-0.4, -0.2) is 30.9 Å². The lowest BCUT2D eigenvalue weighted by Crippen LogP contribution is -2.45. The van der Waals surface area contributed by atoms with E-state index >= 15 is 0 Å². The van der Waals surface area contributed by atoms with Gasteiger partial charge in [0.15, 0.2) is 0 Å². The lowest BCUT2D eigenvalue weighted by Gasteiger charge is -2.28. The van der Waals surface area contributed by atoms with Crippen molar-refractivity contribution in [1.82, 2.24) is 5.32 Å². The van der Waals surface area contributed by atoms with E-state index in [9.17, 15) is 5.11 Å². The Morgan fingerprint density at radius 3 is 2.73 bits per heavy atom. The molecule has 15 heavy (non-hydrogen) atoms. The molecule has 0 amide bonds. The third kappa shape index (κ3) is 2.56. The predicted molar refractivity (Wildman–Crippen MR) is 58.7 cm³/mol. The number of rotatable bonds is 2. The van der Waals surface area contributed by atoms with E-state index in [1.807, 2.05) is 31.2 Å². The number of aliphatic hydroxyl groups is 1.